The van der Waals surface area contributed by atoms with Crippen molar-refractivity contribution in [3.63, 3.8) is 0 Å². The van der Waals surface area contributed by atoms with Gasteiger partial charge in [0.2, 0.25) is 0 Å². The third-order valence-corrected chi connectivity index (χ3v) is 12.3. The molecule has 2 heteroatoms. The minimum atomic E-state index is -0.417. The van der Waals surface area contributed by atoms with Gasteiger partial charge in [-0.3, -0.25) is 0 Å². The first-order valence-corrected chi connectivity index (χ1v) is 19.7. The molecule has 0 atom stereocenters. The van der Waals surface area contributed by atoms with Crippen molar-refractivity contribution in [1.82, 2.24) is 9.97 Å². The quantitative estimate of drug-likeness (QED) is 0.181. The van der Waals surface area contributed by atoms with Crippen LogP contribution in [0.4, 0.5) is 0 Å². The zero-order chi connectivity index (χ0) is 37.5. The van der Waals surface area contributed by atoms with Crippen LogP contribution in [0.5, 0.6) is 0 Å². The van der Waals surface area contributed by atoms with Gasteiger partial charge in [0.05, 0.1) is 16.8 Å². The highest BCUT2D eigenvalue weighted by molar-refractivity contribution is 6.11. The molecular formula is C55H34N2. The summed E-state index contributed by atoms with van der Waals surface area (Å²) in [6.07, 6.45) is 0. The van der Waals surface area contributed by atoms with Crippen LogP contribution in [-0.4, -0.2) is 9.97 Å². The van der Waals surface area contributed by atoms with E-state index >= 15 is 0 Å². The van der Waals surface area contributed by atoms with Gasteiger partial charge in [-0.1, -0.05) is 194 Å². The van der Waals surface area contributed by atoms with Crippen molar-refractivity contribution in [3.8, 4) is 67.3 Å². The molecule has 0 N–H and O–H groups in total. The molecule has 0 fully saturated rings. The zero-order valence-corrected chi connectivity index (χ0v) is 31.0. The minimum Gasteiger partial charge on any atom is -0.228 e. The molecule has 0 saturated heterocycles. The SMILES string of the molecule is c1ccc(-c2cc(-c3ccc(-c4ccc5c6c(ccc5c4)-c4c(ccc5ccccc45)C64c5ccccc5-c5ccccc54)cc3)nc(-c3ccccc3)n2)cc1. The van der Waals surface area contributed by atoms with Gasteiger partial charge in [0.25, 0.3) is 0 Å². The highest BCUT2D eigenvalue weighted by Gasteiger charge is 2.52. The van der Waals surface area contributed by atoms with Crippen molar-refractivity contribution < 1.29 is 0 Å². The summed E-state index contributed by atoms with van der Waals surface area (Å²) in [7, 11) is 0. The van der Waals surface area contributed by atoms with Crippen LogP contribution in [0.25, 0.3) is 88.8 Å². The Morgan fingerprint density at radius 2 is 0.877 bits per heavy atom. The van der Waals surface area contributed by atoms with Crippen LogP contribution in [-0.2, 0) is 5.41 Å². The molecule has 1 heterocycles. The summed E-state index contributed by atoms with van der Waals surface area (Å²) in [5.41, 5.74) is 17.7. The van der Waals surface area contributed by atoms with Gasteiger partial charge in [0.1, 0.15) is 0 Å². The van der Waals surface area contributed by atoms with Crippen LogP contribution in [0, 0.1) is 0 Å². The van der Waals surface area contributed by atoms with Crippen LogP contribution in [0.15, 0.2) is 206 Å². The Bertz CT molecular complexity index is 3110. The van der Waals surface area contributed by atoms with Crippen molar-refractivity contribution in [1.29, 1.82) is 0 Å². The van der Waals surface area contributed by atoms with Crippen molar-refractivity contribution in [2.75, 3.05) is 0 Å². The molecule has 0 aliphatic heterocycles. The van der Waals surface area contributed by atoms with Gasteiger partial charge in [0.15, 0.2) is 5.82 Å². The topological polar surface area (TPSA) is 25.8 Å². The molecule has 2 aliphatic carbocycles. The van der Waals surface area contributed by atoms with E-state index in [0.717, 1.165) is 33.9 Å². The molecule has 2 nitrogen and oxygen atoms in total. The Morgan fingerprint density at radius 3 is 1.60 bits per heavy atom. The third-order valence-electron chi connectivity index (χ3n) is 12.3. The lowest BCUT2D eigenvalue weighted by Gasteiger charge is -2.31. The van der Waals surface area contributed by atoms with E-state index in [2.05, 4.69) is 182 Å². The van der Waals surface area contributed by atoms with Gasteiger partial charge in [-0.15, -0.1) is 0 Å². The Kier molecular flexibility index (Phi) is 6.88. The summed E-state index contributed by atoms with van der Waals surface area (Å²) in [5.74, 6) is 0.721. The van der Waals surface area contributed by atoms with Gasteiger partial charge in [0, 0.05) is 16.7 Å². The van der Waals surface area contributed by atoms with E-state index in [4.69, 9.17) is 9.97 Å². The molecule has 0 amide bonds. The highest BCUT2D eigenvalue weighted by Crippen LogP contribution is 2.65. The number of aromatic nitrogens is 2. The lowest BCUT2D eigenvalue weighted by Crippen LogP contribution is -2.26. The van der Waals surface area contributed by atoms with Crippen molar-refractivity contribution >= 4 is 21.5 Å². The predicted molar refractivity (Wildman–Crippen MR) is 235 cm³/mol. The highest BCUT2D eigenvalue weighted by atomic mass is 14.9. The second-order valence-corrected chi connectivity index (χ2v) is 15.2. The van der Waals surface area contributed by atoms with Gasteiger partial charge in [-0.05, 0) is 89.3 Å². The molecule has 0 saturated carbocycles. The maximum atomic E-state index is 5.07. The zero-order valence-electron chi connectivity index (χ0n) is 31.0. The molecule has 9 aromatic carbocycles. The van der Waals surface area contributed by atoms with Crippen molar-refractivity contribution in [2.24, 2.45) is 0 Å². The second-order valence-electron chi connectivity index (χ2n) is 15.2. The number of nitrogens with zero attached hydrogens (tertiary/aromatic N) is 2. The first-order chi connectivity index (χ1) is 28.3. The largest absolute Gasteiger partial charge is 0.228 e. The Labute approximate surface area is 331 Å². The Hall–Kier alpha value is -7.42. The number of hydrogen-bond donors (Lipinski definition) is 0. The van der Waals surface area contributed by atoms with E-state index in [1.807, 2.05) is 24.3 Å². The molecule has 0 radical (unpaired) electrons. The normalized spacial score (nSPS) is 13.1. The van der Waals surface area contributed by atoms with Gasteiger partial charge in [-0.25, -0.2) is 9.97 Å². The number of hydrogen-bond acceptors (Lipinski definition) is 2. The molecule has 1 spiro atoms. The summed E-state index contributed by atoms with van der Waals surface area (Å²) in [4.78, 5) is 10.1. The molecule has 2 aliphatic rings. The lowest BCUT2D eigenvalue weighted by atomic mass is 9.69. The van der Waals surface area contributed by atoms with Crippen LogP contribution in [0.2, 0.25) is 0 Å². The van der Waals surface area contributed by atoms with E-state index in [0.29, 0.717) is 0 Å². The van der Waals surface area contributed by atoms with Gasteiger partial charge < -0.3 is 0 Å². The molecule has 57 heavy (non-hydrogen) atoms. The van der Waals surface area contributed by atoms with Gasteiger partial charge in [-0.2, -0.15) is 0 Å². The summed E-state index contributed by atoms with van der Waals surface area (Å²) in [6, 6.07) is 75.0. The molecule has 12 rings (SSSR count). The van der Waals surface area contributed by atoms with Gasteiger partial charge >= 0.3 is 0 Å². The summed E-state index contributed by atoms with van der Waals surface area (Å²) < 4.78 is 0. The fraction of sp³-hybridized carbons (Fsp3) is 0.0182. The monoisotopic (exact) mass is 722 g/mol. The minimum absolute atomic E-state index is 0.417. The first-order valence-electron chi connectivity index (χ1n) is 19.7. The van der Waals surface area contributed by atoms with Crippen LogP contribution >= 0.6 is 0 Å². The maximum Gasteiger partial charge on any atom is 0.160 e. The molecule has 10 aromatic rings. The Balaban J connectivity index is 1.01. The smallest absolute Gasteiger partial charge is 0.160 e. The fourth-order valence-electron chi connectivity index (χ4n) is 9.83. The standard InChI is InChI=1S/C55H34N2/c1-3-14-37(15-4-1)50-34-51(57-54(56-50)39-16-5-2-6-17-39)38-25-23-35(24-26-38)40-27-30-43-41(33-40)28-31-46-52-42-18-8-7-13-36(42)29-32-49(52)55(53(43)46)47-21-11-9-19-44(47)45-20-10-12-22-48(45)55/h1-34H. The molecule has 1 aromatic heterocycles. The number of fused-ring (bicyclic) bond motifs is 14. The molecule has 0 unspecified atom stereocenters. The maximum absolute atomic E-state index is 5.07. The van der Waals surface area contributed by atoms with E-state index in [1.54, 1.807) is 0 Å². The van der Waals surface area contributed by atoms with Crippen LogP contribution in [0.3, 0.4) is 0 Å². The predicted octanol–water partition coefficient (Wildman–Crippen LogP) is 13.8. The summed E-state index contributed by atoms with van der Waals surface area (Å²) >= 11 is 0. The van der Waals surface area contributed by atoms with E-state index in [-0.39, 0.29) is 0 Å². The number of benzene rings is 9. The number of rotatable bonds is 4. The molecular weight excluding hydrogens is 689 g/mol. The fourth-order valence-corrected chi connectivity index (χ4v) is 9.83. The third kappa shape index (κ3) is 4.65. The van der Waals surface area contributed by atoms with Crippen molar-refractivity contribution in [2.45, 2.75) is 5.41 Å². The first kappa shape index (κ1) is 31.9. The van der Waals surface area contributed by atoms with E-state index in [9.17, 15) is 0 Å². The summed E-state index contributed by atoms with van der Waals surface area (Å²) in [5, 5.41) is 5.11. The molecule has 264 valence electrons. The Morgan fingerprint density at radius 1 is 0.316 bits per heavy atom. The van der Waals surface area contributed by atoms with Crippen molar-refractivity contribution in [3.05, 3.63) is 229 Å². The lowest BCUT2D eigenvalue weighted by molar-refractivity contribution is 0.802. The average molecular weight is 723 g/mol. The second kappa shape index (κ2) is 12.3. The van der Waals surface area contributed by atoms with E-state index < -0.39 is 5.41 Å². The average Bonchev–Trinajstić information content (AvgIpc) is 3.77. The van der Waals surface area contributed by atoms with Crippen LogP contribution < -0.4 is 0 Å². The summed E-state index contributed by atoms with van der Waals surface area (Å²) in [6.45, 7) is 0. The molecule has 0 bridgehead atoms. The van der Waals surface area contributed by atoms with E-state index in [1.165, 1.54) is 77.2 Å². The van der Waals surface area contributed by atoms with Crippen LogP contribution in [0.1, 0.15) is 22.3 Å².